The number of rotatable bonds is 7. The number of aromatic nitrogens is 1. The van der Waals surface area contributed by atoms with E-state index in [1.807, 2.05) is 47.8 Å². The number of nitro groups is 1. The second-order valence-electron chi connectivity index (χ2n) is 7.97. The zero-order chi connectivity index (χ0) is 24.5. The van der Waals surface area contributed by atoms with Gasteiger partial charge in [-0.15, -0.1) is 11.3 Å². The molecule has 1 aliphatic rings. The van der Waals surface area contributed by atoms with E-state index >= 15 is 0 Å². The average Bonchev–Trinajstić information content (AvgIpc) is 3.42. The Morgan fingerprint density at radius 2 is 1.83 bits per heavy atom. The molecular weight excluding hydrogens is 468 g/mol. The van der Waals surface area contributed by atoms with Gasteiger partial charge in [-0.2, -0.15) is 0 Å². The SMILES string of the molecule is O=C(CCCN1C(=O)c2cccc([N+](=O)[O-])c2C1=O)Nc1nc(-c2ccc3ccccc3c2)cs1. The number of hydrogen-bond acceptors (Lipinski definition) is 7. The zero-order valence-electron chi connectivity index (χ0n) is 18.3. The summed E-state index contributed by atoms with van der Waals surface area (Å²) >= 11 is 1.31. The van der Waals surface area contributed by atoms with Crippen LogP contribution in [0.25, 0.3) is 22.0 Å². The maximum atomic E-state index is 12.6. The van der Waals surface area contributed by atoms with E-state index in [2.05, 4.69) is 10.3 Å². The van der Waals surface area contributed by atoms with Gasteiger partial charge in [-0.1, -0.05) is 42.5 Å². The second kappa shape index (κ2) is 9.07. The Labute approximate surface area is 203 Å². The Morgan fingerprint density at radius 1 is 1.03 bits per heavy atom. The Bertz CT molecular complexity index is 1510. The van der Waals surface area contributed by atoms with Gasteiger partial charge < -0.3 is 5.32 Å². The molecule has 5 rings (SSSR count). The van der Waals surface area contributed by atoms with E-state index in [-0.39, 0.29) is 36.4 Å². The molecule has 0 atom stereocenters. The van der Waals surface area contributed by atoms with Gasteiger partial charge in [0.25, 0.3) is 17.5 Å². The summed E-state index contributed by atoms with van der Waals surface area (Å²) in [5, 5.41) is 18.5. The maximum absolute atomic E-state index is 12.6. The molecule has 0 saturated carbocycles. The first-order chi connectivity index (χ1) is 16.9. The van der Waals surface area contributed by atoms with Gasteiger partial charge in [-0.25, -0.2) is 4.98 Å². The normalized spacial score (nSPS) is 12.7. The van der Waals surface area contributed by atoms with Crippen molar-refractivity contribution in [3.05, 3.63) is 87.3 Å². The van der Waals surface area contributed by atoms with Crippen molar-refractivity contribution in [2.75, 3.05) is 11.9 Å². The summed E-state index contributed by atoms with van der Waals surface area (Å²) in [5.41, 5.74) is 1.12. The average molecular weight is 487 g/mol. The van der Waals surface area contributed by atoms with Crippen LogP contribution in [0.4, 0.5) is 10.8 Å². The number of carbonyl (C=O) groups is 3. The van der Waals surface area contributed by atoms with Gasteiger partial charge in [0.15, 0.2) is 5.13 Å². The van der Waals surface area contributed by atoms with Gasteiger partial charge in [0.2, 0.25) is 5.91 Å². The topological polar surface area (TPSA) is 123 Å². The molecule has 35 heavy (non-hydrogen) atoms. The van der Waals surface area contributed by atoms with Crippen LogP contribution in [0.1, 0.15) is 33.6 Å². The van der Waals surface area contributed by atoms with Crippen molar-refractivity contribution >= 4 is 50.6 Å². The first-order valence-corrected chi connectivity index (χ1v) is 11.7. The summed E-state index contributed by atoms with van der Waals surface area (Å²) < 4.78 is 0. The second-order valence-corrected chi connectivity index (χ2v) is 8.83. The molecule has 9 nitrogen and oxygen atoms in total. The lowest BCUT2D eigenvalue weighted by Crippen LogP contribution is -2.31. The number of nitrogens with one attached hydrogen (secondary N) is 1. The Kier molecular flexibility index (Phi) is 5.79. The summed E-state index contributed by atoms with van der Waals surface area (Å²) in [6, 6.07) is 18.0. The van der Waals surface area contributed by atoms with Crippen molar-refractivity contribution in [2.45, 2.75) is 12.8 Å². The van der Waals surface area contributed by atoms with E-state index in [1.54, 1.807) is 0 Å². The van der Waals surface area contributed by atoms with Crippen LogP contribution in [0.2, 0.25) is 0 Å². The summed E-state index contributed by atoms with van der Waals surface area (Å²) in [7, 11) is 0. The fourth-order valence-electron chi connectivity index (χ4n) is 4.06. The molecule has 0 saturated heterocycles. The molecule has 3 amide bonds. The molecule has 4 aromatic rings. The highest BCUT2D eigenvalue weighted by Crippen LogP contribution is 2.31. The molecule has 174 valence electrons. The molecule has 1 aromatic heterocycles. The van der Waals surface area contributed by atoms with E-state index in [9.17, 15) is 24.5 Å². The molecule has 10 heteroatoms. The standard InChI is InChI=1S/C25H18N4O5S/c30-21(9-4-12-28-23(31)18-7-3-8-20(29(33)34)22(18)24(28)32)27-25-26-19(14-35-25)17-11-10-15-5-1-2-6-16(15)13-17/h1-3,5-8,10-11,13-14H,4,9,12H2,(H,26,27,30). The predicted molar refractivity (Wildman–Crippen MR) is 131 cm³/mol. The maximum Gasteiger partial charge on any atom is 0.282 e. The monoisotopic (exact) mass is 486 g/mol. The molecule has 1 N–H and O–H groups in total. The van der Waals surface area contributed by atoms with Gasteiger partial charge in [0.05, 0.1) is 16.2 Å². The third kappa shape index (κ3) is 4.26. The van der Waals surface area contributed by atoms with Crippen molar-refractivity contribution in [3.8, 4) is 11.3 Å². The highest BCUT2D eigenvalue weighted by molar-refractivity contribution is 7.14. The van der Waals surface area contributed by atoms with Crippen LogP contribution in [-0.2, 0) is 4.79 Å². The molecular formula is C25H18N4O5S. The van der Waals surface area contributed by atoms with Crippen LogP contribution in [0.5, 0.6) is 0 Å². The molecule has 0 aliphatic carbocycles. The number of nitrogens with zero attached hydrogens (tertiary/aromatic N) is 3. The van der Waals surface area contributed by atoms with Crippen molar-refractivity contribution in [1.82, 2.24) is 9.88 Å². The van der Waals surface area contributed by atoms with Gasteiger partial charge in [-0.05, 0) is 29.3 Å². The highest BCUT2D eigenvalue weighted by atomic mass is 32.1. The fourth-order valence-corrected chi connectivity index (χ4v) is 4.80. The zero-order valence-corrected chi connectivity index (χ0v) is 19.1. The van der Waals surface area contributed by atoms with E-state index in [1.165, 1.54) is 29.5 Å². The molecule has 0 fully saturated rings. The molecule has 1 aliphatic heterocycles. The van der Waals surface area contributed by atoms with Gasteiger partial charge >= 0.3 is 0 Å². The van der Waals surface area contributed by atoms with Crippen LogP contribution >= 0.6 is 11.3 Å². The van der Waals surface area contributed by atoms with Crippen LogP contribution in [0, 0.1) is 10.1 Å². The first kappa shape index (κ1) is 22.4. The van der Waals surface area contributed by atoms with Crippen LogP contribution < -0.4 is 5.32 Å². The number of hydrogen-bond donors (Lipinski definition) is 1. The minimum atomic E-state index is -0.711. The molecule has 0 bridgehead atoms. The first-order valence-electron chi connectivity index (χ1n) is 10.8. The lowest BCUT2D eigenvalue weighted by molar-refractivity contribution is -0.385. The number of fused-ring (bicyclic) bond motifs is 2. The smallest absolute Gasteiger partial charge is 0.282 e. The number of nitro benzene ring substituents is 1. The predicted octanol–water partition coefficient (Wildman–Crippen LogP) is 4.89. The van der Waals surface area contributed by atoms with Crippen molar-refractivity contribution in [2.24, 2.45) is 0 Å². The van der Waals surface area contributed by atoms with Crippen molar-refractivity contribution < 1.29 is 19.3 Å². The van der Waals surface area contributed by atoms with Gasteiger partial charge in [0.1, 0.15) is 5.56 Å². The number of benzene rings is 3. The van der Waals surface area contributed by atoms with E-state index < -0.39 is 22.4 Å². The number of anilines is 1. The third-order valence-electron chi connectivity index (χ3n) is 5.76. The molecule has 0 spiro atoms. The van der Waals surface area contributed by atoms with E-state index in [0.29, 0.717) is 5.13 Å². The van der Waals surface area contributed by atoms with E-state index in [0.717, 1.165) is 26.9 Å². The van der Waals surface area contributed by atoms with Crippen LogP contribution in [0.15, 0.2) is 66.0 Å². The third-order valence-corrected chi connectivity index (χ3v) is 6.51. The fraction of sp³-hybridized carbons (Fsp3) is 0.120. The molecule has 0 radical (unpaired) electrons. The Morgan fingerprint density at radius 3 is 2.63 bits per heavy atom. The number of carbonyl (C=O) groups excluding carboxylic acids is 3. The number of amides is 3. The van der Waals surface area contributed by atoms with Crippen molar-refractivity contribution in [3.63, 3.8) is 0 Å². The summed E-state index contributed by atoms with van der Waals surface area (Å²) in [5.74, 6) is -1.60. The van der Waals surface area contributed by atoms with E-state index in [4.69, 9.17) is 0 Å². The summed E-state index contributed by atoms with van der Waals surface area (Å²) in [6.45, 7) is -0.0167. The van der Waals surface area contributed by atoms with Crippen LogP contribution in [-0.4, -0.2) is 39.1 Å². The van der Waals surface area contributed by atoms with Gasteiger partial charge in [0, 0.05) is 30.0 Å². The largest absolute Gasteiger partial charge is 0.302 e. The molecule has 0 unspecified atom stereocenters. The lowest BCUT2D eigenvalue weighted by Gasteiger charge is -2.13. The molecule has 3 aromatic carbocycles. The Hall–Kier alpha value is -4.44. The quantitative estimate of drug-likeness (QED) is 0.226. The van der Waals surface area contributed by atoms with Crippen molar-refractivity contribution in [1.29, 1.82) is 0 Å². The summed E-state index contributed by atoms with van der Waals surface area (Å²) in [4.78, 5) is 53.5. The molecule has 2 heterocycles. The minimum absolute atomic E-state index is 0.0117. The summed E-state index contributed by atoms with van der Waals surface area (Å²) in [6.07, 6.45) is 0.272. The Balaban J connectivity index is 1.19. The number of thiazole rings is 1. The van der Waals surface area contributed by atoms with Gasteiger partial charge in [-0.3, -0.25) is 29.4 Å². The lowest BCUT2D eigenvalue weighted by atomic mass is 10.1. The van der Waals surface area contributed by atoms with Crippen LogP contribution in [0.3, 0.4) is 0 Å². The highest BCUT2D eigenvalue weighted by Gasteiger charge is 2.40. The number of imide groups is 1. The minimum Gasteiger partial charge on any atom is -0.302 e.